The minimum atomic E-state index is -0.117. The Balaban J connectivity index is 2.09. The fourth-order valence-corrected chi connectivity index (χ4v) is 2.92. The van der Waals surface area contributed by atoms with Crippen molar-refractivity contribution in [3.8, 4) is 0 Å². The molecule has 0 saturated carbocycles. The smallest absolute Gasteiger partial charge is 0.0574 e. The standard InChI is InChI=1S/C15H23BrN2O/c1-2-7-17-11-12-10-13(16)3-4-15(12)18-8-5-14(19)6-9-18/h3-4,10,14,17,19H,2,5-9,11H2,1H3. The van der Waals surface area contributed by atoms with E-state index in [2.05, 4.69) is 51.3 Å². The van der Waals surface area contributed by atoms with Crippen molar-refractivity contribution < 1.29 is 5.11 Å². The largest absolute Gasteiger partial charge is 0.393 e. The number of benzene rings is 1. The number of hydrogen-bond donors (Lipinski definition) is 2. The molecule has 0 amide bonds. The number of nitrogens with zero attached hydrogens (tertiary/aromatic N) is 1. The van der Waals surface area contributed by atoms with Gasteiger partial charge in [-0.3, -0.25) is 0 Å². The molecule has 1 aliphatic heterocycles. The zero-order chi connectivity index (χ0) is 13.7. The van der Waals surface area contributed by atoms with Crippen LogP contribution in [0.25, 0.3) is 0 Å². The van der Waals surface area contributed by atoms with Gasteiger partial charge in [0.15, 0.2) is 0 Å². The summed E-state index contributed by atoms with van der Waals surface area (Å²) in [5.74, 6) is 0. The summed E-state index contributed by atoms with van der Waals surface area (Å²) in [5, 5.41) is 13.1. The summed E-state index contributed by atoms with van der Waals surface area (Å²) in [7, 11) is 0. The molecule has 2 N–H and O–H groups in total. The first-order valence-corrected chi connectivity index (χ1v) is 7.92. The molecule has 19 heavy (non-hydrogen) atoms. The predicted molar refractivity (Wildman–Crippen MR) is 83.6 cm³/mol. The van der Waals surface area contributed by atoms with Crippen molar-refractivity contribution >= 4 is 21.6 Å². The van der Waals surface area contributed by atoms with Gasteiger partial charge in [-0.1, -0.05) is 22.9 Å². The molecule has 0 unspecified atom stereocenters. The van der Waals surface area contributed by atoms with Crippen LogP contribution in [0.4, 0.5) is 5.69 Å². The van der Waals surface area contributed by atoms with Crippen LogP contribution in [0.15, 0.2) is 22.7 Å². The Kier molecular flexibility index (Phi) is 5.67. The maximum Gasteiger partial charge on any atom is 0.0574 e. The monoisotopic (exact) mass is 326 g/mol. The van der Waals surface area contributed by atoms with E-state index in [-0.39, 0.29) is 6.10 Å². The second-order valence-electron chi connectivity index (χ2n) is 5.17. The van der Waals surface area contributed by atoms with Gasteiger partial charge in [0.25, 0.3) is 0 Å². The molecule has 106 valence electrons. The van der Waals surface area contributed by atoms with Crippen LogP contribution in [-0.2, 0) is 6.54 Å². The summed E-state index contributed by atoms with van der Waals surface area (Å²) in [5.41, 5.74) is 2.64. The van der Waals surface area contributed by atoms with Gasteiger partial charge in [0.1, 0.15) is 0 Å². The van der Waals surface area contributed by atoms with Crippen molar-refractivity contribution in [2.75, 3.05) is 24.5 Å². The molecule has 0 spiro atoms. The third-order valence-corrected chi connectivity index (χ3v) is 4.08. The fraction of sp³-hybridized carbons (Fsp3) is 0.600. The first-order chi connectivity index (χ1) is 9.20. The lowest BCUT2D eigenvalue weighted by atomic mass is 10.0. The molecule has 0 atom stereocenters. The van der Waals surface area contributed by atoms with E-state index < -0.39 is 0 Å². The first-order valence-electron chi connectivity index (χ1n) is 7.13. The van der Waals surface area contributed by atoms with E-state index in [1.54, 1.807) is 0 Å². The van der Waals surface area contributed by atoms with Gasteiger partial charge in [-0.05, 0) is 49.6 Å². The van der Waals surface area contributed by atoms with Crippen molar-refractivity contribution in [2.24, 2.45) is 0 Å². The highest BCUT2D eigenvalue weighted by Crippen LogP contribution is 2.27. The Morgan fingerprint density at radius 1 is 1.37 bits per heavy atom. The normalized spacial score (nSPS) is 16.9. The second-order valence-corrected chi connectivity index (χ2v) is 6.08. The number of hydrogen-bond acceptors (Lipinski definition) is 3. The minimum absolute atomic E-state index is 0.117. The fourth-order valence-electron chi connectivity index (χ4n) is 2.51. The van der Waals surface area contributed by atoms with Crippen LogP contribution in [0.3, 0.4) is 0 Å². The van der Waals surface area contributed by atoms with E-state index >= 15 is 0 Å². The Morgan fingerprint density at radius 2 is 2.11 bits per heavy atom. The van der Waals surface area contributed by atoms with Gasteiger partial charge in [-0.25, -0.2) is 0 Å². The topological polar surface area (TPSA) is 35.5 Å². The molecule has 0 radical (unpaired) electrons. The molecule has 1 fully saturated rings. The zero-order valence-corrected chi connectivity index (χ0v) is 13.1. The van der Waals surface area contributed by atoms with Gasteiger partial charge in [0.2, 0.25) is 0 Å². The van der Waals surface area contributed by atoms with Gasteiger partial charge < -0.3 is 15.3 Å². The lowest BCUT2D eigenvalue weighted by Crippen LogP contribution is -2.36. The number of rotatable bonds is 5. The number of piperidine rings is 1. The highest BCUT2D eigenvalue weighted by Gasteiger charge is 2.19. The van der Waals surface area contributed by atoms with Crippen molar-refractivity contribution in [2.45, 2.75) is 38.8 Å². The summed E-state index contributed by atoms with van der Waals surface area (Å²) in [6.07, 6.45) is 2.78. The number of anilines is 1. The van der Waals surface area contributed by atoms with Crippen LogP contribution >= 0.6 is 15.9 Å². The second kappa shape index (κ2) is 7.27. The third kappa shape index (κ3) is 4.20. The van der Waals surface area contributed by atoms with E-state index in [0.717, 1.165) is 49.9 Å². The lowest BCUT2D eigenvalue weighted by molar-refractivity contribution is 0.145. The average Bonchev–Trinajstić information content (AvgIpc) is 2.41. The molecule has 1 saturated heterocycles. The van der Waals surface area contributed by atoms with Crippen LogP contribution in [0.5, 0.6) is 0 Å². The molecule has 4 heteroatoms. The van der Waals surface area contributed by atoms with E-state index in [1.807, 2.05) is 0 Å². The van der Waals surface area contributed by atoms with E-state index in [9.17, 15) is 5.11 Å². The Bertz CT molecular complexity index is 403. The molecule has 1 aliphatic rings. The summed E-state index contributed by atoms with van der Waals surface area (Å²) < 4.78 is 1.13. The van der Waals surface area contributed by atoms with Crippen molar-refractivity contribution in [3.05, 3.63) is 28.2 Å². The van der Waals surface area contributed by atoms with Crippen LogP contribution in [-0.4, -0.2) is 30.8 Å². The number of halogens is 1. The van der Waals surface area contributed by atoms with E-state index in [1.165, 1.54) is 11.3 Å². The first kappa shape index (κ1) is 14.8. The maximum atomic E-state index is 9.61. The maximum absolute atomic E-state index is 9.61. The van der Waals surface area contributed by atoms with E-state index in [0.29, 0.717) is 0 Å². The Morgan fingerprint density at radius 3 is 2.79 bits per heavy atom. The Labute approximate surface area is 124 Å². The number of aliphatic hydroxyl groups is 1. The summed E-state index contributed by atoms with van der Waals surface area (Å²) in [6, 6.07) is 6.48. The molecule has 1 heterocycles. The molecular weight excluding hydrogens is 304 g/mol. The van der Waals surface area contributed by atoms with Crippen LogP contribution in [0, 0.1) is 0 Å². The van der Waals surface area contributed by atoms with Crippen LogP contribution in [0.2, 0.25) is 0 Å². The molecule has 1 aromatic carbocycles. The molecule has 0 bridgehead atoms. The molecule has 0 aliphatic carbocycles. The van der Waals surface area contributed by atoms with Gasteiger partial charge in [0, 0.05) is 29.8 Å². The van der Waals surface area contributed by atoms with Gasteiger partial charge >= 0.3 is 0 Å². The van der Waals surface area contributed by atoms with Crippen molar-refractivity contribution in [1.82, 2.24) is 5.32 Å². The molecule has 3 nitrogen and oxygen atoms in total. The van der Waals surface area contributed by atoms with Gasteiger partial charge in [-0.2, -0.15) is 0 Å². The minimum Gasteiger partial charge on any atom is -0.393 e. The average molecular weight is 327 g/mol. The van der Waals surface area contributed by atoms with Crippen LogP contribution < -0.4 is 10.2 Å². The lowest BCUT2D eigenvalue weighted by Gasteiger charge is -2.33. The summed E-state index contributed by atoms with van der Waals surface area (Å²) >= 11 is 3.55. The van der Waals surface area contributed by atoms with E-state index in [4.69, 9.17) is 0 Å². The number of nitrogens with one attached hydrogen (secondary N) is 1. The molecule has 1 aromatic rings. The summed E-state index contributed by atoms with van der Waals surface area (Å²) in [4.78, 5) is 2.39. The highest BCUT2D eigenvalue weighted by molar-refractivity contribution is 9.10. The van der Waals surface area contributed by atoms with Crippen molar-refractivity contribution in [1.29, 1.82) is 0 Å². The number of aliphatic hydroxyl groups excluding tert-OH is 1. The molecular formula is C15H23BrN2O. The third-order valence-electron chi connectivity index (χ3n) is 3.59. The SMILES string of the molecule is CCCNCc1cc(Br)ccc1N1CCC(O)CC1. The Hall–Kier alpha value is -0.580. The van der Waals surface area contributed by atoms with Gasteiger partial charge in [0.05, 0.1) is 6.10 Å². The quantitative estimate of drug-likeness (QED) is 0.817. The molecule has 2 rings (SSSR count). The van der Waals surface area contributed by atoms with Gasteiger partial charge in [-0.15, -0.1) is 0 Å². The summed E-state index contributed by atoms with van der Waals surface area (Å²) in [6.45, 7) is 6.03. The highest BCUT2D eigenvalue weighted by atomic mass is 79.9. The predicted octanol–water partition coefficient (Wildman–Crippen LogP) is 2.91. The molecule has 0 aromatic heterocycles. The van der Waals surface area contributed by atoms with Crippen molar-refractivity contribution in [3.63, 3.8) is 0 Å². The van der Waals surface area contributed by atoms with Crippen LogP contribution in [0.1, 0.15) is 31.7 Å². The zero-order valence-electron chi connectivity index (χ0n) is 11.5.